The molecule has 10 heteroatoms. The summed E-state index contributed by atoms with van der Waals surface area (Å²) in [7, 11) is -5.77. The zero-order valence-electron chi connectivity index (χ0n) is 17.1. The molecule has 32 heavy (non-hydrogen) atoms. The molecule has 0 amide bonds. The molecule has 0 heterocycles. The van der Waals surface area contributed by atoms with Crippen molar-refractivity contribution in [3.05, 3.63) is 65.2 Å². The summed E-state index contributed by atoms with van der Waals surface area (Å²) < 4.78 is 98.0. The Morgan fingerprint density at radius 3 is 2.03 bits per heavy atom. The number of rotatable bonds is 8. The highest BCUT2D eigenvalue weighted by molar-refractivity contribution is 7.85. The first-order valence-corrected chi connectivity index (χ1v) is 11.1. The van der Waals surface area contributed by atoms with E-state index < -0.39 is 50.6 Å². The fourth-order valence-corrected chi connectivity index (χ4v) is 3.73. The molecule has 0 N–H and O–H groups in total. The van der Waals surface area contributed by atoms with Crippen molar-refractivity contribution in [1.82, 2.24) is 0 Å². The van der Waals surface area contributed by atoms with Gasteiger partial charge in [-0.3, -0.25) is 0 Å². The first kappa shape index (κ1) is 23.8. The Kier molecular flexibility index (Phi) is 6.94. The summed E-state index contributed by atoms with van der Waals surface area (Å²) in [6.07, 6.45) is 1.01. The van der Waals surface area contributed by atoms with Crippen LogP contribution in [0.5, 0.6) is 11.5 Å². The molecule has 0 radical (unpaired) electrons. The zero-order valence-corrected chi connectivity index (χ0v) is 17.9. The van der Waals surface area contributed by atoms with Gasteiger partial charge in [-0.1, -0.05) is 38.1 Å². The van der Waals surface area contributed by atoms with Gasteiger partial charge in [0.15, 0.2) is 17.4 Å². The van der Waals surface area contributed by atoms with Crippen LogP contribution < -0.4 is 9.47 Å². The maximum Gasteiger partial charge on any atom is 0.205 e. The van der Waals surface area contributed by atoms with Crippen LogP contribution in [0.1, 0.15) is 31.7 Å². The lowest BCUT2D eigenvalue weighted by Crippen LogP contribution is -2.15. The van der Waals surface area contributed by atoms with E-state index >= 15 is 0 Å². The zero-order chi connectivity index (χ0) is 23.6. The van der Waals surface area contributed by atoms with E-state index in [4.69, 9.17) is 9.47 Å². The molecule has 0 spiro atoms. The van der Waals surface area contributed by atoms with Crippen molar-refractivity contribution < 1.29 is 40.0 Å². The number of ether oxygens (including phenoxy) is 2. The van der Waals surface area contributed by atoms with Gasteiger partial charge in [0.1, 0.15) is 34.0 Å². The molecular formula is C22H19F4O5S-. The third kappa shape index (κ3) is 4.81. The van der Waals surface area contributed by atoms with Gasteiger partial charge >= 0.3 is 0 Å². The Morgan fingerprint density at radius 2 is 1.44 bits per heavy atom. The number of benzene rings is 3. The number of hydrogen-bond donors (Lipinski definition) is 0. The van der Waals surface area contributed by atoms with Gasteiger partial charge in [0.05, 0.1) is 0 Å². The molecule has 0 saturated carbocycles. The first-order chi connectivity index (χ1) is 15.0. The van der Waals surface area contributed by atoms with Crippen LogP contribution in [-0.2, 0) is 10.1 Å². The topological polar surface area (TPSA) is 75.7 Å². The summed E-state index contributed by atoms with van der Waals surface area (Å²) >= 11 is 0. The Hall–Kier alpha value is -2.85. The predicted octanol–water partition coefficient (Wildman–Crippen LogP) is 5.27. The first-order valence-electron chi connectivity index (χ1n) is 9.65. The van der Waals surface area contributed by atoms with E-state index in [0.717, 1.165) is 17.2 Å². The normalized spacial score (nSPS) is 12.7. The van der Waals surface area contributed by atoms with Crippen LogP contribution in [0.15, 0.2) is 41.3 Å². The van der Waals surface area contributed by atoms with Crippen LogP contribution in [0.4, 0.5) is 17.6 Å². The monoisotopic (exact) mass is 471 g/mol. The van der Waals surface area contributed by atoms with E-state index in [0.29, 0.717) is 11.7 Å². The molecule has 3 aromatic carbocycles. The number of halogens is 4. The summed E-state index contributed by atoms with van der Waals surface area (Å²) in [5, 5.41) is 1.92. The number of fused-ring (bicyclic) bond motifs is 1. The highest BCUT2D eigenvalue weighted by Gasteiger charge is 2.30. The van der Waals surface area contributed by atoms with E-state index in [-0.39, 0.29) is 6.61 Å². The van der Waals surface area contributed by atoms with Gasteiger partial charge in [0, 0.05) is 0 Å². The van der Waals surface area contributed by atoms with Crippen LogP contribution in [0, 0.1) is 23.3 Å². The van der Waals surface area contributed by atoms with Crippen LogP contribution >= 0.6 is 0 Å². The van der Waals surface area contributed by atoms with Gasteiger partial charge in [-0.05, 0) is 40.8 Å². The van der Waals surface area contributed by atoms with Crippen molar-refractivity contribution in [3.63, 3.8) is 0 Å². The van der Waals surface area contributed by atoms with Crippen molar-refractivity contribution in [1.29, 1.82) is 0 Å². The van der Waals surface area contributed by atoms with Crippen LogP contribution in [0.2, 0.25) is 0 Å². The summed E-state index contributed by atoms with van der Waals surface area (Å²) in [6.45, 7) is 3.49. The lowest BCUT2D eigenvalue weighted by atomic mass is 9.96. The molecule has 0 aromatic heterocycles. The molecule has 0 aliphatic heterocycles. The highest BCUT2D eigenvalue weighted by Crippen LogP contribution is 2.32. The second-order valence-electron chi connectivity index (χ2n) is 7.14. The molecule has 3 aromatic rings. The van der Waals surface area contributed by atoms with Crippen molar-refractivity contribution in [2.24, 2.45) is 0 Å². The van der Waals surface area contributed by atoms with Crippen molar-refractivity contribution in [3.8, 4) is 11.5 Å². The van der Waals surface area contributed by atoms with Crippen molar-refractivity contribution in [2.45, 2.75) is 31.1 Å². The van der Waals surface area contributed by atoms with Gasteiger partial charge in [0.2, 0.25) is 11.6 Å². The maximum atomic E-state index is 13.9. The molecule has 5 nitrogen and oxygen atoms in total. The van der Waals surface area contributed by atoms with E-state index in [1.807, 2.05) is 18.2 Å². The predicted molar refractivity (Wildman–Crippen MR) is 108 cm³/mol. The van der Waals surface area contributed by atoms with Gasteiger partial charge in [-0.15, -0.1) is 0 Å². The van der Waals surface area contributed by atoms with Gasteiger partial charge < -0.3 is 14.0 Å². The molecule has 3 rings (SSSR count). The van der Waals surface area contributed by atoms with E-state index in [1.165, 1.54) is 5.56 Å². The minimum Gasteiger partial charge on any atom is -0.744 e. The molecule has 0 aliphatic carbocycles. The Bertz CT molecular complexity index is 1230. The average molecular weight is 471 g/mol. The van der Waals surface area contributed by atoms with Crippen LogP contribution in [0.25, 0.3) is 10.8 Å². The minimum atomic E-state index is -5.77. The standard InChI is InChI=1S/C22H20F4O5S/c1-3-12(2)13-4-5-15-11-16(7-6-14(15)10-13)30-8-9-31-21-17(23)19(25)22(32(27,28)29)20(26)18(21)24/h4-7,10-12H,3,8-9H2,1-2H3,(H,27,28,29)/p-1. The summed E-state index contributed by atoms with van der Waals surface area (Å²) in [4.78, 5) is -2.23. The fraction of sp³-hybridized carbons (Fsp3) is 0.273. The summed E-state index contributed by atoms with van der Waals surface area (Å²) in [5.41, 5.74) is 1.21. The highest BCUT2D eigenvalue weighted by atomic mass is 32.2. The molecule has 0 aliphatic rings. The number of hydrogen-bond acceptors (Lipinski definition) is 5. The molecular weight excluding hydrogens is 452 g/mol. The van der Waals surface area contributed by atoms with E-state index in [1.54, 1.807) is 12.1 Å². The van der Waals surface area contributed by atoms with Gasteiger partial charge in [-0.25, -0.2) is 17.2 Å². The van der Waals surface area contributed by atoms with Gasteiger partial charge in [-0.2, -0.15) is 8.78 Å². The quantitative estimate of drug-likeness (QED) is 0.194. The van der Waals surface area contributed by atoms with E-state index in [2.05, 4.69) is 19.9 Å². The molecule has 172 valence electrons. The largest absolute Gasteiger partial charge is 0.744 e. The Labute approximate surface area is 182 Å². The molecule has 0 bridgehead atoms. The Balaban J connectivity index is 1.69. The molecule has 1 atom stereocenters. The van der Waals surface area contributed by atoms with Crippen molar-refractivity contribution in [2.75, 3.05) is 13.2 Å². The van der Waals surface area contributed by atoms with Crippen molar-refractivity contribution >= 4 is 20.9 Å². The Morgan fingerprint density at radius 1 is 0.875 bits per heavy atom. The second kappa shape index (κ2) is 9.33. The lowest BCUT2D eigenvalue weighted by Gasteiger charge is -2.15. The molecule has 0 saturated heterocycles. The summed E-state index contributed by atoms with van der Waals surface area (Å²) in [6, 6.07) is 11.3. The summed E-state index contributed by atoms with van der Waals surface area (Å²) in [5.74, 6) is -9.56. The average Bonchev–Trinajstić information content (AvgIpc) is 2.75. The lowest BCUT2D eigenvalue weighted by molar-refractivity contribution is 0.199. The van der Waals surface area contributed by atoms with Gasteiger partial charge in [0.25, 0.3) is 0 Å². The van der Waals surface area contributed by atoms with E-state index in [9.17, 15) is 30.5 Å². The molecule has 1 unspecified atom stereocenters. The van der Waals surface area contributed by atoms with Crippen LogP contribution in [0.3, 0.4) is 0 Å². The SMILES string of the molecule is CCC(C)c1ccc2cc(OCCOc3c(F)c(F)c(S(=O)(=O)[O-])c(F)c3F)ccc2c1. The maximum absolute atomic E-state index is 13.9. The minimum absolute atomic E-state index is 0.236. The van der Waals surface area contributed by atoms with Crippen LogP contribution in [-0.4, -0.2) is 26.2 Å². The molecule has 0 fully saturated rings. The smallest absolute Gasteiger partial charge is 0.205 e. The third-order valence-corrected chi connectivity index (χ3v) is 5.91. The second-order valence-corrected chi connectivity index (χ2v) is 8.46. The fourth-order valence-electron chi connectivity index (χ4n) is 3.12. The third-order valence-electron chi connectivity index (χ3n) is 5.05.